The summed E-state index contributed by atoms with van der Waals surface area (Å²) in [5.74, 6) is 0.390. The van der Waals surface area contributed by atoms with Crippen molar-refractivity contribution in [3.63, 3.8) is 0 Å². The van der Waals surface area contributed by atoms with Crippen molar-refractivity contribution >= 4 is 33.1 Å². The predicted octanol–water partition coefficient (Wildman–Crippen LogP) is 1.67. The van der Waals surface area contributed by atoms with Crippen molar-refractivity contribution in [2.45, 2.75) is 19.4 Å². The molecule has 20 heavy (non-hydrogen) atoms. The van der Waals surface area contributed by atoms with Gasteiger partial charge in [-0.1, -0.05) is 11.6 Å². The molecule has 0 radical (unpaired) electrons. The fourth-order valence-corrected chi connectivity index (χ4v) is 4.82. The van der Waals surface area contributed by atoms with Crippen molar-refractivity contribution in [1.82, 2.24) is 14.3 Å². The Balaban J connectivity index is 1.92. The Bertz CT molecular complexity index is 531. The summed E-state index contributed by atoms with van der Waals surface area (Å²) in [6.45, 7) is 2.33. The lowest BCUT2D eigenvalue weighted by Crippen LogP contribution is -2.47. The highest BCUT2D eigenvalue weighted by molar-refractivity contribution is 7.87. The van der Waals surface area contributed by atoms with E-state index in [0.717, 1.165) is 24.3 Å². The SMILES string of the molecule is CNCC1CCCN(S(=O)(=O)NCc2ccc(Cl)s2)C1. The molecule has 1 aliphatic heterocycles. The summed E-state index contributed by atoms with van der Waals surface area (Å²) in [7, 11) is -1.51. The zero-order valence-electron chi connectivity index (χ0n) is 11.4. The summed E-state index contributed by atoms with van der Waals surface area (Å²) in [6, 6.07) is 3.62. The van der Waals surface area contributed by atoms with Crippen LogP contribution in [0.3, 0.4) is 0 Å². The standard InChI is InChI=1S/C12H20ClN3O2S2/c1-14-7-10-3-2-6-16(9-10)20(17,18)15-8-11-4-5-12(13)19-11/h4-5,10,14-15H,2-3,6-9H2,1H3. The van der Waals surface area contributed by atoms with Gasteiger partial charge in [-0.25, -0.2) is 0 Å². The molecular formula is C12H20ClN3O2S2. The lowest BCUT2D eigenvalue weighted by molar-refractivity contribution is 0.261. The number of nitrogens with one attached hydrogen (secondary N) is 2. The van der Waals surface area contributed by atoms with Crippen LogP contribution in [-0.2, 0) is 16.8 Å². The Morgan fingerprint density at radius 2 is 2.30 bits per heavy atom. The van der Waals surface area contributed by atoms with Crippen molar-refractivity contribution in [2.24, 2.45) is 5.92 Å². The van der Waals surface area contributed by atoms with Gasteiger partial charge in [0.15, 0.2) is 0 Å². The van der Waals surface area contributed by atoms with Gasteiger partial charge in [0, 0.05) is 24.5 Å². The van der Waals surface area contributed by atoms with E-state index in [-0.39, 0.29) is 0 Å². The van der Waals surface area contributed by atoms with Crippen LogP contribution in [0.5, 0.6) is 0 Å². The number of hydrogen-bond acceptors (Lipinski definition) is 4. The molecule has 1 fully saturated rings. The van der Waals surface area contributed by atoms with Crippen LogP contribution in [0.15, 0.2) is 12.1 Å². The largest absolute Gasteiger partial charge is 0.319 e. The van der Waals surface area contributed by atoms with Gasteiger partial charge in [-0.05, 0) is 44.5 Å². The van der Waals surface area contributed by atoms with Crippen LogP contribution in [0.1, 0.15) is 17.7 Å². The van der Waals surface area contributed by atoms with Crippen molar-refractivity contribution < 1.29 is 8.42 Å². The molecule has 1 unspecified atom stereocenters. The number of piperidine rings is 1. The second kappa shape index (κ2) is 7.20. The van der Waals surface area contributed by atoms with Gasteiger partial charge in [-0.2, -0.15) is 17.4 Å². The quantitative estimate of drug-likeness (QED) is 0.830. The normalized spacial score (nSPS) is 21.2. The molecule has 0 saturated carbocycles. The summed E-state index contributed by atoms with van der Waals surface area (Å²) < 4.78 is 29.4. The van der Waals surface area contributed by atoms with Gasteiger partial charge < -0.3 is 5.32 Å². The molecule has 0 aromatic carbocycles. The third-order valence-electron chi connectivity index (χ3n) is 3.37. The van der Waals surface area contributed by atoms with Gasteiger partial charge in [0.2, 0.25) is 0 Å². The van der Waals surface area contributed by atoms with Crippen molar-refractivity contribution in [1.29, 1.82) is 0 Å². The monoisotopic (exact) mass is 337 g/mol. The van der Waals surface area contributed by atoms with Crippen LogP contribution in [0.25, 0.3) is 0 Å². The molecule has 1 aromatic rings. The molecule has 2 N–H and O–H groups in total. The zero-order chi connectivity index (χ0) is 14.6. The highest BCUT2D eigenvalue weighted by Crippen LogP contribution is 2.22. The summed E-state index contributed by atoms with van der Waals surface area (Å²) >= 11 is 7.23. The minimum Gasteiger partial charge on any atom is -0.319 e. The maximum atomic E-state index is 12.3. The van der Waals surface area contributed by atoms with E-state index in [2.05, 4.69) is 10.0 Å². The van der Waals surface area contributed by atoms with Crippen molar-refractivity contribution in [2.75, 3.05) is 26.7 Å². The fraction of sp³-hybridized carbons (Fsp3) is 0.667. The molecule has 0 bridgehead atoms. The maximum absolute atomic E-state index is 12.3. The average molecular weight is 338 g/mol. The van der Waals surface area contributed by atoms with Gasteiger partial charge in [0.25, 0.3) is 10.2 Å². The van der Waals surface area contributed by atoms with E-state index in [0.29, 0.717) is 29.9 Å². The average Bonchev–Trinajstić information content (AvgIpc) is 2.83. The van der Waals surface area contributed by atoms with Gasteiger partial charge in [-0.3, -0.25) is 0 Å². The van der Waals surface area contributed by atoms with E-state index in [1.807, 2.05) is 13.1 Å². The van der Waals surface area contributed by atoms with Crippen LogP contribution >= 0.6 is 22.9 Å². The molecule has 2 heterocycles. The van der Waals surface area contributed by atoms with E-state index in [9.17, 15) is 8.42 Å². The Morgan fingerprint density at radius 3 is 2.95 bits per heavy atom. The molecule has 0 aliphatic carbocycles. The van der Waals surface area contributed by atoms with E-state index >= 15 is 0 Å². The Kier molecular flexibility index (Phi) is 5.83. The van der Waals surface area contributed by atoms with Gasteiger partial charge in [0.1, 0.15) is 0 Å². The summed E-state index contributed by atoms with van der Waals surface area (Å²) in [6.07, 6.45) is 1.99. The first-order valence-corrected chi connectivity index (χ1v) is 9.28. The van der Waals surface area contributed by atoms with E-state index < -0.39 is 10.2 Å². The molecular weight excluding hydrogens is 318 g/mol. The molecule has 1 saturated heterocycles. The molecule has 1 atom stereocenters. The number of nitrogens with zero attached hydrogens (tertiary/aromatic N) is 1. The van der Waals surface area contributed by atoms with Crippen molar-refractivity contribution in [3.8, 4) is 0 Å². The minimum atomic E-state index is -3.40. The molecule has 1 aromatic heterocycles. The summed E-state index contributed by atoms with van der Waals surface area (Å²) in [5, 5.41) is 3.12. The Hall–Kier alpha value is -0.180. The first-order chi connectivity index (χ1) is 9.51. The second-order valence-electron chi connectivity index (χ2n) is 4.96. The van der Waals surface area contributed by atoms with Crippen LogP contribution in [-0.4, -0.2) is 39.4 Å². The number of hydrogen-bond donors (Lipinski definition) is 2. The van der Waals surface area contributed by atoms with Crippen LogP contribution in [0, 0.1) is 5.92 Å². The van der Waals surface area contributed by atoms with Crippen LogP contribution in [0.4, 0.5) is 0 Å². The topological polar surface area (TPSA) is 61.4 Å². The summed E-state index contributed by atoms with van der Waals surface area (Å²) in [5.41, 5.74) is 0. The molecule has 0 amide bonds. The van der Waals surface area contributed by atoms with E-state index in [4.69, 9.17) is 11.6 Å². The maximum Gasteiger partial charge on any atom is 0.279 e. The minimum absolute atomic E-state index is 0.299. The Morgan fingerprint density at radius 1 is 1.50 bits per heavy atom. The summed E-state index contributed by atoms with van der Waals surface area (Å²) in [4.78, 5) is 0.919. The Labute approximate surface area is 129 Å². The highest BCUT2D eigenvalue weighted by atomic mass is 35.5. The smallest absolute Gasteiger partial charge is 0.279 e. The molecule has 8 heteroatoms. The van der Waals surface area contributed by atoms with Crippen LogP contribution < -0.4 is 10.0 Å². The molecule has 1 aliphatic rings. The number of rotatable bonds is 6. The van der Waals surface area contributed by atoms with Gasteiger partial charge in [0.05, 0.1) is 4.34 Å². The highest BCUT2D eigenvalue weighted by Gasteiger charge is 2.28. The number of halogens is 1. The van der Waals surface area contributed by atoms with Crippen molar-refractivity contribution in [3.05, 3.63) is 21.3 Å². The van der Waals surface area contributed by atoms with E-state index in [1.165, 1.54) is 11.3 Å². The molecule has 0 spiro atoms. The van der Waals surface area contributed by atoms with E-state index in [1.54, 1.807) is 10.4 Å². The first-order valence-electron chi connectivity index (χ1n) is 6.65. The second-order valence-corrected chi connectivity index (χ2v) is 8.51. The van der Waals surface area contributed by atoms with Gasteiger partial charge >= 0.3 is 0 Å². The first kappa shape index (κ1) is 16.2. The predicted molar refractivity (Wildman–Crippen MR) is 83.3 cm³/mol. The molecule has 5 nitrogen and oxygen atoms in total. The lowest BCUT2D eigenvalue weighted by atomic mass is 10.00. The third-order valence-corrected chi connectivity index (χ3v) is 6.12. The zero-order valence-corrected chi connectivity index (χ0v) is 13.8. The van der Waals surface area contributed by atoms with Gasteiger partial charge in [-0.15, -0.1) is 11.3 Å². The lowest BCUT2D eigenvalue weighted by Gasteiger charge is -2.31. The number of thiophene rings is 1. The third kappa shape index (κ3) is 4.41. The molecule has 2 rings (SSSR count). The molecule has 114 valence electrons. The van der Waals surface area contributed by atoms with Crippen LogP contribution in [0.2, 0.25) is 4.34 Å². The fourth-order valence-electron chi connectivity index (χ4n) is 2.40.